The summed E-state index contributed by atoms with van der Waals surface area (Å²) in [5.74, 6) is -0.390. The molecular weight excluding hydrogens is 389 g/mol. The Balaban J connectivity index is 2.02. The molecule has 1 heterocycles. The minimum Gasteiger partial charge on any atom is -0.342 e. The molecule has 3 rings (SSSR count). The molecule has 0 N–H and O–H groups in total. The maximum absolute atomic E-state index is 14.5. The Labute approximate surface area is 173 Å². The van der Waals surface area contributed by atoms with E-state index in [9.17, 15) is 14.0 Å². The number of para-hydroxylation sites is 2. The average molecular weight is 414 g/mol. The van der Waals surface area contributed by atoms with Crippen LogP contribution in [-0.4, -0.2) is 39.2 Å². The number of carbonyl (C=O) groups excluding carboxylic acids is 1. The molecule has 0 bridgehead atoms. The zero-order valence-electron chi connectivity index (χ0n) is 16.6. The van der Waals surface area contributed by atoms with Gasteiger partial charge in [0.05, 0.1) is 22.3 Å². The van der Waals surface area contributed by atoms with Crippen molar-refractivity contribution < 1.29 is 9.18 Å². The number of rotatable bonds is 8. The van der Waals surface area contributed by atoms with Gasteiger partial charge in [-0.2, -0.15) is 0 Å². The molecule has 29 heavy (non-hydrogen) atoms. The number of hydrogen-bond donors (Lipinski definition) is 0. The van der Waals surface area contributed by atoms with E-state index in [1.807, 2.05) is 18.7 Å². The number of fused-ring (bicyclic) bond motifs is 1. The number of carbonyl (C=O) groups is 1. The van der Waals surface area contributed by atoms with Crippen LogP contribution in [0, 0.1) is 5.82 Å². The summed E-state index contributed by atoms with van der Waals surface area (Å²) in [4.78, 5) is 32.2. The minimum absolute atomic E-state index is 0.0128. The molecule has 0 saturated carbocycles. The van der Waals surface area contributed by atoms with E-state index in [2.05, 4.69) is 4.98 Å². The molecule has 0 saturated heterocycles. The molecule has 0 atom stereocenters. The Hall–Kier alpha value is -2.67. The normalized spacial score (nSPS) is 11.0. The third-order valence-electron chi connectivity index (χ3n) is 4.50. The molecule has 0 aliphatic carbocycles. The van der Waals surface area contributed by atoms with Crippen LogP contribution in [0.15, 0.2) is 58.5 Å². The quantitative estimate of drug-likeness (QED) is 0.409. The first-order valence-electron chi connectivity index (χ1n) is 9.74. The molecule has 1 amide bonds. The van der Waals surface area contributed by atoms with E-state index in [0.717, 1.165) is 24.6 Å². The van der Waals surface area contributed by atoms with E-state index in [4.69, 9.17) is 0 Å². The molecule has 5 nitrogen and oxygen atoms in total. The van der Waals surface area contributed by atoms with E-state index in [1.54, 1.807) is 42.5 Å². The Kier molecular flexibility index (Phi) is 7.04. The van der Waals surface area contributed by atoms with E-state index in [0.29, 0.717) is 29.1 Å². The summed E-state index contributed by atoms with van der Waals surface area (Å²) in [6.07, 6.45) is 1.76. The molecule has 152 valence electrons. The summed E-state index contributed by atoms with van der Waals surface area (Å²) in [6, 6.07) is 13.1. The summed E-state index contributed by atoms with van der Waals surface area (Å²) < 4.78 is 15.8. The number of hydrogen-bond acceptors (Lipinski definition) is 4. The second-order valence-corrected chi connectivity index (χ2v) is 7.62. The van der Waals surface area contributed by atoms with Crippen molar-refractivity contribution in [2.24, 2.45) is 0 Å². The van der Waals surface area contributed by atoms with Gasteiger partial charge in [0, 0.05) is 13.1 Å². The third-order valence-corrected chi connectivity index (χ3v) is 5.43. The number of nitrogens with zero attached hydrogens (tertiary/aromatic N) is 3. The number of thioether (sulfide) groups is 1. The first-order chi connectivity index (χ1) is 14.1. The predicted octanol–water partition coefficient (Wildman–Crippen LogP) is 4.27. The fourth-order valence-corrected chi connectivity index (χ4v) is 4.08. The topological polar surface area (TPSA) is 55.2 Å². The highest BCUT2D eigenvalue weighted by atomic mass is 32.2. The molecule has 0 unspecified atom stereocenters. The molecule has 0 radical (unpaired) electrons. The molecule has 2 aromatic carbocycles. The SMILES string of the molecule is CCCN(CCC)C(=O)CSc1nc2ccccc2c(=O)n1-c1ccccc1F. The summed E-state index contributed by atoms with van der Waals surface area (Å²) in [5, 5.41) is 0.713. The lowest BCUT2D eigenvalue weighted by molar-refractivity contribution is -0.128. The Morgan fingerprint density at radius 1 is 1.07 bits per heavy atom. The summed E-state index contributed by atoms with van der Waals surface area (Å²) in [5.41, 5.74) is 0.304. The first-order valence-corrected chi connectivity index (χ1v) is 10.7. The largest absolute Gasteiger partial charge is 0.342 e. The Morgan fingerprint density at radius 2 is 1.72 bits per heavy atom. The lowest BCUT2D eigenvalue weighted by atomic mass is 10.2. The van der Waals surface area contributed by atoms with E-state index in [1.165, 1.54) is 10.6 Å². The van der Waals surface area contributed by atoms with Gasteiger partial charge < -0.3 is 4.90 Å². The van der Waals surface area contributed by atoms with Crippen LogP contribution in [0.3, 0.4) is 0 Å². The lowest BCUT2D eigenvalue weighted by Gasteiger charge is -2.21. The van der Waals surface area contributed by atoms with Gasteiger partial charge >= 0.3 is 0 Å². The monoisotopic (exact) mass is 413 g/mol. The molecule has 0 spiro atoms. The molecular formula is C22H24FN3O2S. The van der Waals surface area contributed by atoms with Crippen LogP contribution in [0.1, 0.15) is 26.7 Å². The smallest absolute Gasteiger partial charge is 0.266 e. The van der Waals surface area contributed by atoms with Crippen molar-refractivity contribution in [3.05, 3.63) is 64.7 Å². The van der Waals surface area contributed by atoms with E-state index in [-0.39, 0.29) is 22.9 Å². The molecule has 0 fully saturated rings. The van der Waals surface area contributed by atoms with Gasteiger partial charge in [-0.15, -0.1) is 0 Å². The van der Waals surface area contributed by atoms with Crippen molar-refractivity contribution in [2.45, 2.75) is 31.8 Å². The van der Waals surface area contributed by atoms with E-state index >= 15 is 0 Å². The number of benzene rings is 2. The first kappa shape index (κ1) is 21.0. The van der Waals surface area contributed by atoms with Crippen LogP contribution in [0.25, 0.3) is 16.6 Å². The van der Waals surface area contributed by atoms with E-state index < -0.39 is 5.82 Å². The van der Waals surface area contributed by atoms with Crippen molar-refractivity contribution in [3.63, 3.8) is 0 Å². The van der Waals surface area contributed by atoms with Crippen molar-refractivity contribution in [1.82, 2.24) is 14.5 Å². The lowest BCUT2D eigenvalue weighted by Crippen LogP contribution is -2.34. The third kappa shape index (κ3) is 4.67. The van der Waals surface area contributed by atoms with Crippen molar-refractivity contribution in [2.75, 3.05) is 18.8 Å². The highest BCUT2D eigenvalue weighted by Gasteiger charge is 2.18. The fourth-order valence-electron chi connectivity index (χ4n) is 3.17. The molecule has 7 heteroatoms. The molecule has 1 aromatic heterocycles. The number of halogens is 1. The van der Waals surface area contributed by atoms with Crippen LogP contribution in [0.5, 0.6) is 0 Å². The maximum atomic E-state index is 14.5. The summed E-state index contributed by atoms with van der Waals surface area (Å²) in [7, 11) is 0. The van der Waals surface area contributed by atoms with Crippen LogP contribution >= 0.6 is 11.8 Å². The van der Waals surface area contributed by atoms with Gasteiger partial charge in [-0.1, -0.05) is 49.9 Å². The zero-order chi connectivity index (χ0) is 20.8. The fraction of sp³-hybridized carbons (Fsp3) is 0.318. The van der Waals surface area contributed by atoms with Gasteiger partial charge in [0.2, 0.25) is 5.91 Å². The molecule has 0 aliphatic rings. The highest BCUT2D eigenvalue weighted by molar-refractivity contribution is 7.99. The zero-order valence-corrected chi connectivity index (χ0v) is 17.4. The van der Waals surface area contributed by atoms with Crippen molar-refractivity contribution in [3.8, 4) is 5.69 Å². The maximum Gasteiger partial charge on any atom is 0.266 e. The Bertz CT molecular complexity index is 1060. The van der Waals surface area contributed by atoms with Gasteiger partial charge in [-0.25, -0.2) is 9.37 Å². The van der Waals surface area contributed by atoms with Gasteiger partial charge in [-0.3, -0.25) is 14.2 Å². The highest BCUT2D eigenvalue weighted by Crippen LogP contribution is 2.23. The second kappa shape index (κ2) is 9.69. The summed E-state index contributed by atoms with van der Waals surface area (Å²) >= 11 is 1.16. The standard InChI is InChI=1S/C22H24FN3O2S/c1-3-13-25(14-4-2)20(27)15-29-22-24-18-11-7-5-9-16(18)21(28)26(22)19-12-8-6-10-17(19)23/h5-12H,3-4,13-15H2,1-2H3. The molecule has 0 aliphatic heterocycles. The number of amides is 1. The predicted molar refractivity (Wildman–Crippen MR) is 115 cm³/mol. The number of aromatic nitrogens is 2. The van der Waals surface area contributed by atoms with Crippen molar-refractivity contribution >= 4 is 28.6 Å². The van der Waals surface area contributed by atoms with Gasteiger partial charge in [0.25, 0.3) is 5.56 Å². The van der Waals surface area contributed by atoms with Crippen LogP contribution in [0.4, 0.5) is 4.39 Å². The van der Waals surface area contributed by atoms with Crippen LogP contribution < -0.4 is 5.56 Å². The second-order valence-electron chi connectivity index (χ2n) is 6.67. The minimum atomic E-state index is -0.515. The average Bonchev–Trinajstić information content (AvgIpc) is 2.73. The van der Waals surface area contributed by atoms with Gasteiger partial charge in [0.1, 0.15) is 5.82 Å². The van der Waals surface area contributed by atoms with Gasteiger partial charge in [0.15, 0.2) is 5.16 Å². The van der Waals surface area contributed by atoms with Crippen LogP contribution in [0.2, 0.25) is 0 Å². The Morgan fingerprint density at radius 3 is 2.41 bits per heavy atom. The van der Waals surface area contributed by atoms with Crippen LogP contribution in [-0.2, 0) is 4.79 Å². The summed E-state index contributed by atoms with van der Waals surface area (Å²) in [6.45, 7) is 5.45. The molecule has 3 aromatic rings. The van der Waals surface area contributed by atoms with Crippen molar-refractivity contribution in [1.29, 1.82) is 0 Å². The van der Waals surface area contributed by atoms with Gasteiger partial charge in [-0.05, 0) is 37.1 Å².